The van der Waals surface area contributed by atoms with Gasteiger partial charge in [-0.15, -0.1) is 0 Å². The third kappa shape index (κ3) is 4.53. The molecule has 0 bridgehead atoms. The fourth-order valence-electron chi connectivity index (χ4n) is 3.27. The number of carbonyl (C=O) groups is 1. The maximum absolute atomic E-state index is 12.9. The highest BCUT2D eigenvalue weighted by Gasteiger charge is 2.29. The normalized spacial score (nSPS) is 12.9. The second kappa shape index (κ2) is 8.41. The molecule has 7 nitrogen and oxygen atoms in total. The van der Waals surface area contributed by atoms with E-state index in [0.717, 1.165) is 32.1 Å². The topological polar surface area (TPSA) is 88.5 Å². The van der Waals surface area contributed by atoms with E-state index in [9.17, 15) is 18.0 Å². The molecule has 0 aliphatic heterocycles. The molecule has 0 unspecified atom stereocenters. The summed E-state index contributed by atoms with van der Waals surface area (Å²) < 4.78 is 28.2. The molecule has 1 amide bonds. The van der Waals surface area contributed by atoms with Crippen LogP contribution in [0.5, 0.6) is 0 Å². The number of sulfonamides is 1. The van der Waals surface area contributed by atoms with Crippen molar-refractivity contribution in [1.82, 2.24) is 4.57 Å². The molecule has 0 spiro atoms. The quantitative estimate of drug-likeness (QED) is 0.591. The van der Waals surface area contributed by atoms with E-state index in [2.05, 4.69) is 5.32 Å². The molecule has 1 heterocycles. The Morgan fingerprint density at radius 2 is 1.87 bits per heavy atom. The number of hydrogen-bond acceptors (Lipinski definition) is 5. The smallest absolute Gasteiger partial charge is 0.308 e. The molecule has 0 aliphatic carbocycles. The minimum Gasteiger partial charge on any atom is -0.324 e. The van der Waals surface area contributed by atoms with Gasteiger partial charge in [0.25, 0.3) is 0 Å². The standard InChI is InChI=1S/C20H22ClN3O4S2/c1-12(2)23-17-9-8-15(11-18(17)29-20(23)26)22-19(25)13(3)24(30(4,27)28)16-7-5-6-14(21)10-16/h5-13H,1-4H3,(H,22,25)/t13-/m1/s1. The molecule has 0 saturated carbocycles. The Morgan fingerprint density at radius 1 is 1.17 bits per heavy atom. The molecule has 0 fully saturated rings. The van der Waals surface area contributed by atoms with Crippen molar-refractivity contribution in [3.8, 4) is 0 Å². The van der Waals surface area contributed by atoms with Crippen molar-refractivity contribution in [3.05, 3.63) is 57.2 Å². The molecule has 10 heteroatoms. The van der Waals surface area contributed by atoms with Crippen LogP contribution in [0, 0.1) is 0 Å². The number of rotatable bonds is 6. The van der Waals surface area contributed by atoms with Gasteiger partial charge in [0.1, 0.15) is 6.04 Å². The average Bonchev–Trinajstić information content (AvgIpc) is 2.95. The van der Waals surface area contributed by atoms with Gasteiger partial charge in [-0.25, -0.2) is 8.42 Å². The van der Waals surface area contributed by atoms with Crippen LogP contribution in [0.15, 0.2) is 47.3 Å². The minimum absolute atomic E-state index is 0.0210. The zero-order valence-electron chi connectivity index (χ0n) is 16.9. The van der Waals surface area contributed by atoms with E-state index in [0.29, 0.717) is 16.4 Å². The van der Waals surface area contributed by atoms with Gasteiger partial charge < -0.3 is 5.32 Å². The monoisotopic (exact) mass is 467 g/mol. The fourth-order valence-corrected chi connectivity index (χ4v) is 5.68. The number of nitrogens with one attached hydrogen (secondary N) is 1. The van der Waals surface area contributed by atoms with Crippen LogP contribution in [0.1, 0.15) is 26.8 Å². The number of fused-ring (bicyclic) bond motifs is 1. The number of hydrogen-bond donors (Lipinski definition) is 1. The van der Waals surface area contributed by atoms with Crippen LogP contribution in [-0.2, 0) is 14.8 Å². The van der Waals surface area contributed by atoms with Crippen LogP contribution in [-0.4, -0.2) is 31.2 Å². The number of nitrogens with zero attached hydrogens (tertiary/aromatic N) is 2. The van der Waals surface area contributed by atoms with E-state index in [1.807, 2.05) is 13.8 Å². The third-order valence-corrected chi connectivity index (χ3v) is 6.94. The second-order valence-electron chi connectivity index (χ2n) is 7.22. The third-order valence-electron chi connectivity index (χ3n) is 4.55. The Hall–Kier alpha value is -2.36. The first kappa shape index (κ1) is 22.3. The average molecular weight is 468 g/mol. The zero-order valence-corrected chi connectivity index (χ0v) is 19.3. The first-order chi connectivity index (χ1) is 14.0. The number of thiazole rings is 1. The molecular weight excluding hydrogens is 446 g/mol. The molecule has 0 aliphatic rings. The summed E-state index contributed by atoms with van der Waals surface area (Å²) in [5.41, 5.74) is 1.58. The van der Waals surface area contributed by atoms with Crippen LogP contribution in [0.3, 0.4) is 0 Å². The number of aromatic nitrogens is 1. The predicted octanol–water partition coefficient (Wildman–Crippen LogP) is 4.09. The number of anilines is 2. The largest absolute Gasteiger partial charge is 0.324 e. The summed E-state index contributed by atoms with van der Waals surface area (Å²) in [4.78, 5) is 25.0. The van der Waals surface area contributed by atoms with Crippen LogP contribution in [0.4, 0.5) is 11.4 Å². The molecule has 1 atom stereocenters. The van der Waals surface area contributed by atoms with Crippen molar-refractivity contribution in [2.45, 2.75) is 32.9 Å². The first-order valence-electron chi connectivity index (χ1n) is 9.20. The first-order valence-corrected chi connectivity index (χ1v) is 12.2. The van der Waals surface area contributed by atoms with Gasteiger partial charge >= 0.3 is 4.87 Å². The van der Waals surface area contributed by atoms with E-state index in [1.54, 1.807) is 41.0 Å². The van der Waals surface area contributed by atoms with Gasteiger partial charge in [-0.05, 0) is 57.2 Å². The summed E-state index contributed by atoms with van der Waals surface area (Å²) in [5.74, 6) is -0.504. The van der Waals surface area contributed by atoms with Crippen LogP contribution in [0.2, 0.25) is 5.02 Å². The van der Waals surface area contributed by atoms with Gasteiger partial charge in [-0.1, -0.05) is 29.0 Å². The molecule has 3 rings (SSSR count). The van der Waals surface area contributed by atoms with E-state index in [4.69, 9.17) is 11.6 Å². The van der Waals surface area contributed by atoms with E-state index >= 15 is 0 Å². The van der Waals surface area contributed by atoms with Crippen molar-refractivity contribution in [2.24, 2.45) is 0 Å². The molecule has 1 N–H and O–H groups in total. The molecule has 160 valence electrons. The lowest BCUT2D eigenvalue weighted by molar-refractivity contribution is -0.116. The predicted molar refractivity (Wildman–Crippen MR) is 123 cm³/mol. The summed E-state index contributed by atoms with van der Waals surface area (Å²) >= 11 is 7.10. The Bertz CT molecular complexity index is 1260. The summed E-state index contributed by atoms with van der Waals surface area (Å²) in [6, 6.07) is 10.5. The number of carbonyl (C=O) groups excluding carboxylic acids is 1. The maximum Gasteiger partial charge on any atom is 0.308 e. The summed E-state index contributed by atoms with van der Waals surface area (Å²) in [6.45, 7) is 5.37. The maximum atomic E-state index is 12.9. The lowest BCUT2D eigenvalue weighted by Crippen LogP contribution is -2.45. The lowest BCUT2D eigenvalue weighted by Gasteiger charge is -2.28. The molecule has 0 saturated heterocycles. The highest BCUT2D eigenvalue weighted by Crippen LogP contribution is 2.26. The van der Waals surface area contributed by atoms with Gasteiger partial charge in [0, 0.05) is 16.8 Å². The van der Waals surface area contributed by atoms with Crippen molar-refractivity contribution < 1.29 is 13.2 Å². The molecule has 0 radical (unpaired) electrons. The molecular formula is C20H22ClN3O4S2. The van der Waals surface area contributed by atoms with Gasteiger partial charge in [-0.3, -0.25) is 18.5 Å². The number of benzene rings is 2. The fraction of sp³-hybridized carbons (Fsp3) is 0.300. The van der Waals surface area contributed by atoms with Crippen molar-refractivity contribution in [2.75, 3.05) is 15.9 Å². The summed E-state index contributed by atoms with van der Waals surface area (Å²) in [5, 5.41) is 3.11. The number of halogens is 1. The van der Waals surface area contributed by atoms with Gasteiger partial charge in [0.05, 0.1) is 22.2 Å². The Morgan fingerprint density at radius 3 is 2.47 bits per heavy atom. The number of amides is 1. The van der Waals surface area contributed by atoms with Crippen molar-refractivity contribution in [1.29, 1.82) is 0 Å². The van der Waals surface area contributed by atoms with Gasteiger partial charge in [0.15, 0.2) is 0 Å². The summed E-state index contributed by atoms with van der Waals surface area (Å²) in [6.07, 6.45) is 1.04. The Labute approximate surface area is 183 Å². The Balaban J connectivity index is 1.91. The van der Waals surface area contributed by atoms with Crippen LogP contribution in [0.25, 0.3) is 10.2 Å². The zero-order chi connectivity index (χ0) is 22.2. The molecule has 3 aromatic rings. The van der Waals surface area contributed by atoms with Crippen molar-refractivity contribution in [3.63, 3.8) is 0 Å². The van der Waals surface area contributed by atoms with Crippen molar-refractivity contribution >= 4 is 60.5 Å². The molecule has 2 aromatic carbocycles. The van der Waals surface area contributed by atoms with Gasteiger partial charge in [0.2, 0.25) is 15.9 Å². The Kier molecular flexibility index (Phi) is 6.26. The molecule has 30 heavy (non-hydrogen) atoms. The lowest BCUT2D eigenvalue weighted by atomic mass is 10.2. The van der Waals surface area contributed by atoms with E-state index in [1.165, 1.54) is 13.0 Å². The highest BCUT2D eigenvalue weighted by atomic mass is 35.5. The van der Waals surface area contributed by atoms with Gasteiger partial charge in [-0.2, -0.15) is 0 Å². The van der Waals surface area contributed by atoms with E-state index < -0.39 is 22.0 Å². The van der Waals surface area contributed by atoms with Crippen LogP contribution < -0.4 is 14.5 Å². The van der Waals surface area contributed by atoms with E-state index in [-0.39, 0.29) is 10.9 Å². The second-order valence-corrected chi connectivity index (χ2v) is 10.5. The van der Waals surface area contributed by atoms with Crippen LogP contribution >= 0.6 is 22.9 Å². The minimum atomic E-state index is -3.75. The highest BCUT2D eigenvalue weighted by molar-refractivity contribution is 7.92. The summed E-state index contributed by atoms with van der Waals surface area (Å²) in [7, 11) is -3.75. The molecule has 1 aromatic heterocycles. The SMILES string of the molecule is CC(C)n1c(=O)sc2cc(NC(=O)[C@@H](C)N(c3cccc(Cl)c3)S(C)(=O)=O)ccc21.